The molecule has 4 aromatic rings. The molecule has 4 rings (SSSR count). The molecule has 0 saturated carbocycles. The third-order valence-corrected chi connectivity index (χ3v) is 5.29. The summed E-state index contributed by atoms with van der Waals surface area (Å²) in [6, 6.07) is 7.95. The van der Waals surface area contributed by atoms with Crippen molar-refractivity contribution in [1.29, 1.82) is 5.26 Å². The molecule has 0 bridgehead atoms. The maximum atomic E-state index is 12.9. The molecule has 10 nitrogen and oxygen atoms in total. The van der Waals surface area contributed by atoms with Crippen LogP contribution in [0.15, 0.2) is 24.4 Å². The number of carbonyl (C=O) groups excluding carboxylic acids is 1. The van der Waals surface area contributed by atoms with E-state index in [1.807, 2.05) is 24.3 Å². The second-order valence-corrected chi connectivity index (χ2v) is 6.91. The van der Waals surface area contributed by atoms with Gasteiger partial charge in [0.05, 0.1) is 25.8 Å². The Bertz CT molecular complexity index is 1350. The maximum absolute atomic E-state index is 12.9. The molecule has 0 spiro atoms. The average molecular weight is 419 g/mol. The predicted molar refractivity (Wildman–Crippen MR) is 114 cm³/mol. The summed E-state index contributed by atoms with van der Waals surface area (Å²) in [4.78, 5) is 24.2. The molecule has 4 N–H and O–H groups in total. The van der Waals surface area contributed by atoms with Crippen molar-refractivity contribution in [2.24, 2.45) is 0 Å². The summed E-state index contributed by atoms with van der Waals surface area (Å²) in [6.07, 6.45) is 1.49. The molecule has 3 aromatic heterocycles. The molecule has 1 amide bonds. The molecule has 0 fully saturated rings. The number of hydrogen-bond donors (Lipinski definition) is 3. The van der Waals surface area contributed by atoms with Gasteiger partial charge in [-0.05, 0) is 26.0 Å². The van der Waals surface area contributed by atoms with E-state index >= 15 is 0 Å². The van der Waals surface area contributed by atoms with Gasteiger partial charge in [0.1, 0.15) is 23.9 Å². The Balaban J connectivity index is 1.69. The molecule has 0 aliphatic carbocycles. The zero-order chi connectivity index (χ0) is 22.1. The smallest absolute Gasteiger partial charge is 0.277 e. The highest BCUT2D eigenvalue weighted by atomic mass is 16.5. The molecular formula is C21H23N8O2+. The molecule has 31 heavy (non-hydrogen) atoms. The number of aromatic amines is 1. The van der Waals surface area contributed by atoms with Crippen LogP contribution in [0, 0.1) is 11.3 Å². The number of fused-ring (bicyclic) bond motifs is 2. The van der Waals surface area contributed by atoms with Crippen LogP contribution in [0.4, 0.5) is 5.82 Å². The van der Waals surface area contributed by atoms with Gasteiger partial charge in [0, 0.05) is 12.3 Å². The van der Waals surface area contributed by atoms with Gasteiger partial charge in [-0.25, -0.2) is 19.1 Å². The quantitative estimate of drug-likeness (QED) is 0.406. The predicted octanol–water partition coefficient (Wildman–Crippen LogP) is 1.63. The van der Waals surface area contributed by atoms with Crippen molar-refractivity contribution in [3.8, 4) is 11.8 Å². The number of amides is 1. The van der Waals surface area contributed by atoms with Gasteiger partial charge < -0.3 is 20.8 Å². The topological polar surface area (TPSA) is 139 Å². The number of rotatable bonds is 6. The van der Waals surface area contributed by atoms with Crippen molar-refractivity contribution in [3.63, 3.8) is 0 Å². The summed E-state index contributed by atoms with van der Waals surface area (Å²) in [7, 11) is 1.64. The van der Waals surface area contributed by atoms with Crippen molar-refractivity contribution in [2.75, 3.05) is 12.8 Å². The number of nitrogen functional groups attached to an aromatic ring is 1. The fourth-order valence-corrected chi connectivity index (χ4v) is 3.84. The first-order valence-corrected chi connectivity index (χ1v) is 9.94. The van der Waals surface area contributed by atoms with E-state index in [0.29, 0.717) is 16.7 Å². The molecule has 0 atom stereocenters. The second kappa shape index (κ2) is 7.95. The number of carbonyl (C=O) groups is 1. The lowest BCUT2D eigenvalue weighted by Crippen LogP contribution is -2.40. The SMILES string of the molecule is CCn1c(CNC(=O)c2nc3c(C#N)c[nH]c3nc2N)[n+](CC)c2ccc(OC)cc21. The summed E-state index contributed by atoms with van der Waals surface area (Å²) in [5.41, 5.74) is 9.02. The molecular weight excluding hydrogens is 396 g/mol. The number of benzene rings is 1. The summed E-state index contributed by atoms with van der Waals surface area (Å²) in [6.45, 7) is 5.85. The fourth-order valence-electron chi connectivity index (χ4n) is 3.84. The summed E-state index contributed by atoms with van der Waals surface area (Å²) in [5, 5.41) is 12.1. The number of ether oxygens (including phenoxy) is 1. The molecule has 0 saturated heterocycles. The normalized spacial score (nSPS) is 11.0. The number of nitrogens with one attached hydrogen (secondary N) is 2. The highest BCUT2D eigenvalue weighted by Crippen LogP contribution is 2.22. The van der Waals surface area contributed by atoms with Crippen molar-refractivity contribution in [1.82, 2.24) is 24.8 Å². The third kappa shape index (κ3) is 3.30. The van der Waals surface area contributed by atoms with Gasteiger partial charge in [-0.1, -0.05) is 0 Å². The van der Waals surface area contributed by atoms with Gasteiger partial charge >= 0.3 is 0 Å². The zero-order valence-electron chi connectivity index (χ0n) is 17.6. The Labute approximate surface area is 178 Å². The van der Waals surface area contributed by atoms with Gasteiger partial charge in [0.15, 0.2) is 28.2 Å². The van der Waals surface area contributed by atoms with Crippen LogP contribution in [-0.4, -0.2) is 32.5 Å². The Morgan fingerprint density at radius 3 is 2.87 bits per heavy atom. The second-order valence-electron chi connectivity index (χ2n) is 6.91. The first-order chi connectivity index (χ1) is 15.0. The number of nitrogens with zero attached hydrogens (tertiary/aromatic N) is 5. The molecule has 0 aliphatic heterocycles. The minimum absolute atomic E-state index is 0.000444. The van der Waals surface area contributed by atoms with E-state index in [0.717, 1.165) is 35.7 Å². The number of methoxy groups -OCH3 is 1. The van der Waals surface area contributed by atoms with Crippen LogP contribution in [-0.2, 0) is 19.6 Å². The Morgan fingerprint density at radius 1 is 1.39 bits per heavy atom. The molecule has 0 unspecified atom stereocenters. The number of anilines is 1. The number of aryl methyl sites for hydroxylation is 2. The first-order valence-electron chi connectivity index (χ1n) is 9.94. The van der Waals surface area contributed by atoms with E-state index in [9.17, 15) is 10.1 Å². The molecule has 3 heterocycles. The van der Waals surface area contributed by atoms with Gasteiger partial charge in [-0.3, -0.25) is 4.79 Å². The number of H-pyrrole nitrogens is 1. The van der Waals surface area contributed by atoms with E-state index in [1.165, 1.54) is 6.20 Å². The lowest BCUT2D eigenvalue weighted by molar-refractivity contribution is -0.676. The number of aromatic nitrogens is 5. The van der Waals surface area contributed by atoms with Crippen LogP contribution in [0.3, 0.4) is 0 Å². The summed E-state index contributed by atoms with van der Waals surface area (Å²) in [5.74, 6) is 1.26. The van der Waals surface area contributed by atoms with E-state index in [1.54, 1.807) is 7.11 Å². The van der Waals surface area contributed by atoms with Crippen LogP contribution < -0.4 is 20.4 Å². The van der Waals surface area contributed by atoms with Crippen LogP contribution in [0.1, 0.15) is 35.7 Å². The zero-order valence-corrected chi connectivity index (χ0v) is 17.6. The van der Waals surface area contributed by atoms with Crippen molar-refractivity contribution in [3.05, 3.63) is 41.5 Å². The molecule has 0 aliphatic rings. The van der Waals surface area contributed by atoms with Crippen LogP contribution >= 0.6 is 0 Å². The van der Waals surface area contributed by atoms with Gasteiger partial charge in [0.25, 0.3) is 11.7 Å². The number of imidazole rings is 1. The van der Waals surface area contributed by atoms with Gasteiger partial charge in [0.2, 0.25) is 0 Å². The number of nitriles is 1. The molecule has 10 heteroatoms. The van der Waals surface area contributed by atoms with E-state index in [-0.39, 0.29) is 18.1 Å². The largest absolute Gasteiger partial charge is 0.497 e. The first kappa shape index (κ1) is 20.2. The van der Waals surface area contributed by atoms with Crippen molar-refractivity contribution < 1.29 is 14.1 Å². The summed E-state index contributed by atoms with van der Waals surface area (Å²) >= 11 is 0. The third-order valence-electron chi connectivity index (χ3n) is 5.29. The van der Waals surface area contributed by atoms with E-state index in [2.05, 4.69) is 43.3 Å². The Kier molecular flexibility index (Phi) is 5.17. The van der Waals surface area contributed by atoms with Gasteiger partial charge in [-0.2, -0.15) is 5.26 Å². The Hall–Kier alpha value is -4.13. The standard InChI is InChI=1S/C21H22N8O2/c1-4-28-14-7-6-13(31-3)8-15(14)29(5-2)16(28)11-25-21(30)18-19(23)27-20-17(26-18)12(9-22)10-24-20/h6-8,10H,4-5,11H2,1-3H3,(H3-,23,24,25,26,27,30)/p+1. The molecule has 1 aromatic carbocycles. The molecule has 158 valence electrons. The van der Waals surface area contributed by atoms with Crippen LogP contribution in [0.5, 0.6) is 5.75 Å². The van der Waals surface area contributed by atoms with Crippen molar-refractivity contribution in [2.45, 2.75) is 33.5 Å². The lowest BCUT2D eigenvalue weighted by Gasteiger charge is -2.07. The van der Waals surface area contributed by atoms with Gasteiger partial charge in [-0.15, -0.1) is 0 Å². The minimum atomic E-state index is -0.454. The Morgan fingerprint density at radius 2 is 2.19 bits per heavy atom. The van der Waals surface area contributed by atoms with E-state index < -0.39 is 5.91 Å². The number of hydrogen-bond acceptors (Lipinski definition) is 6. The highest BCUT2D eigenvalue weighted by molar-refractivity contribution is 5.98. The lowest BCUT2D eigenvalue weighted by atomic mass is 10.3. The monoisotopic (exact) mass is 419 g/mol. The molecule has 0 radical (unpaired) electrons. The van der Waals surface area contributed by atoms with E-state index in [4.69, 9.17) is 10.5 Å². The number of nitrogens with two attached hydrogens (primary N) is 1. The van der Waals surface area contributed by atoms with Crippen LogP contribution in [0.2, 0.25) is 0 Å². The highest BCUT2D eigenvalue weighted by Gasteiger charge is 2.25. The summed E-state index contributed by atoms with van der Waals surface area (Å²) < 4.78 is 9.66. The average Bonchev–Trinajstić information content (AvgIpc) is 3.32. The minimum Gasteiger partial charge on any atom is -0.497 e. The maximum Gasteiger partial charge on any atom is 0.277 e. The van der Waals surface area contributed by atoms with Crippen LogP contribution in [0.25, 0.3) is 22.2 Å². The fraction of sp³-hybridized carbons (Fsp3) is 0.286. The van der Waals surface area contributed by atoms with Crippen molar-refractivity contribution >= 4 is 33.9 Å².